The second kappa shape index (κ2) is 33.7. The summed E-state index contributed by atoms with van der Waals surface area (Å²) in [5, 5.41) is 40.3. The van der Waals surface area contributed by atoms with E-state index in [1.54, 1.807) is 0 Å². The Morgan fingerprint density at radius 2 is 0.500 bits per heavy atom. The SMILES string of the molecule is CCCCOc1c2c(c(OCCCC)c3ccccc13)C1NC2NC2NC(NC3NC(NC4NC(N1)C1C(OCCCC)C5CCCCC5C(OCCCC)C41)c1c3c(OCCCC)c3ccccc3c1OCCCC)C1C(OCCCC)C3CCCCC3C(OCCCC)C21. The molecule has 0 spiro atoms. The Balaban J connectivity index is 1.06. The van der Waals surface area contributed by atoms with E-state index in [0.717, 1.165) is 222 Å². The van der Waals surface area contributed by atoms with Crippen LogP contribution in [-0.4, -0.2) is 102 Å². The highest BCUT2D eigenvalue weighted by Gasteiger charge is 2.64. The number of fused-ring (bicyclic) bond motifs is 24. The van der Waals surface area contributed by atoms with E-state index < -0.39 is 0 Å². The van der Waals surface area contributed by atoms with Gasteiger partial charge in [-0.15, -0.1) is 0 Å². The van der Waals surface area contributed by atoms with Crippen LogP contribution in [0.2, 0.25) is 0 Å². The molecule has 0 radical (unpaired) electrons. The molecule has 8 N–H and O–H groups in total. The van der Waals surface area contributed by atoms with Gasteiger partial charge in [-0.1, -0.05) is 181 Å². The van der Waals surface area contributed by atoms with Gasteiger partial charge in [-0.2, -0.15) is 0 Å². The van der Waals surface area contributed by atoms with E-state index in [-0.39, 0.29) is 97.4 Å². The Hall–Kier alpha value is -3.88. The molecule has 0 aromatic heterocycles. The van der Waals surface area contributed by atoms with E-state index in [1.165, 1.54) is 25.7 Å². The Morgan fingerprint density at radius 1 is 0.281 bits per heavy atom. The van der Waals surface area contributed by atoms with Crippen LogP contribution in [0.1, 0.15) is 256 Å². The number of benzene rings is 4. The fourth-order valence-electron chi connectivity index (χ4n) is 19.3. The summed E-state index contributed by atoms with van der Waals surface area (Å²) >= 11 is 0. The molecule has 16 nitrogen and oxygen atoms in total. The standard InChI is InChI=1S/C80H124N8O8/c1-9-17-41-89-65-49-33-25-26-34-50(49)66(90-42-18-10-2)58-57(65)73-81-74(58)86-76-61-62(70(94-46-22-14-6)54-38-30-29-37-53(54)69(61)93-45-21-13-5)78(83-76)88-80-64-63(71(95-47-23-15-7)55-39-31-32-40-56(55)72(64)96-48-24-16-8)79(84-80)87-77-60-59(75(82-77)85-73)67(91-43-19-11-3)51-35-27-28-36-52(51)68(60)92-44-20-12-4/h25-26,31-34,39-40,51-54,59-62,67-70,73-88H,9-24,27-30,35-38,41-48H2,1-8H3. The van der Waals surface area contributed by atoms with Gasteiger partial charge < -0.3 is 37.9 Å². The molecule has 13 rings (SSSR count). The van der Waals surface area contributed by atoms with Crippen molar-refractivity contribution in [1.29, 1.82) is 0 Å². The van der Waals surface area contributed by atoms with Crippen LogP contribution >= 0.6 is 0 Å². The fourth-order valence-corrected chi connectivity index (χ4v) is 19.3. The second-order valence-corrected chi connectivity index (χ2v) is 30.1. The summed E-state index contributed by atoms with van der Waals surface area (Å²) in [6.07, 6.45) is 23.3. The number of rotatable bonds is 32. The molecular weight excluding hydrogens is 1200 g/mol. The first kappa shape index (κ1) is 70.6. The zero-order valence-corrected chi connectivity index (χ0v) is 60.1. The zero-order chi connectivity index (χ0) is 66.1. The first-order chi connectivity index (χ1) is 47.4. The number of unbranched alkanes of at least 4 members (excludes halogenated alkanes) is 8. The average Bonchev–Trinajstić information content (AvgIpc) is 1.56. The minimum Gasteiger partial charge on any atom is -0.493 e. The summed E-state index contributed by atoms with van der Waals surface area (Å²) in [5.74, 6) is 5.28. The average molecular weight is 1330 g/mol. The van der Waals surface area contributed by atoms with Crippen molar-refractivity contribution in [1.82, 2.24) is 42.5 Å². The van der Waals surface area contributed by atoms with E-state index in [1.807, 2.05) is 0 Å². The highest BCUT2D eigenvalue weighted by atomic mass is 16.5. The normalized spacial score (nSPS) is 33.5. The summed E-state index contributed by atoms with van der Waals surface area (Å²) in [6, 6.07) is 17.8. The van der Waals surface area contributed by atoms with Crippen molar-refractivity contribution in [2.75, 3.05) is 52.9 Å². The van der Waals surface area contributed by atoms with Crippen molar-refractivity contribution in [2.24, 2.45) is 47.3 Å². The third-order valence-corrected chi connectivity index (χ3v) is 23.9. The molecule has 532 valence electrons. The Bertz CT molecular complexity index is 2720. The van der Waals surface area contributed by atoms with Gasteiger partial charge in [0.15, 0.2) is 0 Å². The Morgan fingerprint density at radius 3 is 0.719 bits per heavy atom. The lowest BCUT2D eigenvalue weighted by Crippen LogP contribution is -2.61. The maximum atomic E-state index is 7.60. The largest absolute Gasteiger partial charge is 0.493 e. The molecule has 20 atom stereocenters. The number of ether oxygens (including phenoxy) is 8. The molecule has 3 saturated heterocycles. The topological polar surface area (TPSA) is 170 Å². The predicted molar refractivity (Wildman–Crippen MR) is 384 cm³/mol. The minimum atomic E-state index is -0.374. The van der Waals surface area contributed by atoms with Crippen molar-refractivity contribution in [3.8, 4) is 23.0 Å². The molecule has 4 aromatic rings. The summed E-state index contributed by atoms with van der Waals surface area (Å²) in [5.41, 5.74) is 4.50. The molecule has 96 heavy (non-hydrogen) atoms. The van der Waals surface area contributed by atoms with Crippen molar-refractivity contribution < 1.29 is 37.9 Å². The molecular formula is C80H124N8O8. The van der Waals surface area contributed by atoms with Crippen molar-refractivity contribution in [2.45, 2.75) is 283 Å². The quantitative estimate of drug-likeness (QED) is 0.0217. The fraction of sp³-hybridized carbons (Fsp3) is 0.750. The number of hydrogen-bond acceptors (Lipinski definition) is 16. The van der Waals surface area contributed by atoms with Crippen LogP contribution in [0.25, 0.3) is 21.5 Å². The molecule has 7 fully saturated rings. The van der Waals surface area contributed by atoms with Gasteiger partial charge in [0.2, 0.25) is 0 Å². The van der Waals surface area contributed by atoms with Gasteiger partial charge >= 0.3 is 0 Å². The van der Waals surface area contributed by atoms with Gasteiger partial charge in [0.25, 0.3) is 0 Å². The zero-order valence-electron chi connectivity index (χ0n) is 60.1. The lowest BCUT2D eigenvalue weighted by molar-refractivity contribution is -0.173. The van der Waals surface area contributed by atoms with Gasteiger partial charge in [-0.05, 0) is 101 Å². The van der Waals surface area contributed by atoms with E-state index >= 15 is 0 Å². The van der Waals surface area contributed by atoms with Crippen LogP contribution in [0.15, 0.2) is 48.5 Å². The van der Waals surface area contributed by atoms with Crippen molar-refractivity contribution >= 4 is 21.5 Å². The van der Waals surface area contributed by atoms with Gasteiger partial charge in [-0.25, -0.2) is 0 Å². The summed E-state index contributed by atoms with van der Waals surface area (Å²) < 4.78 is 59.9. The molecule has 20 unspecified atom stereocenters. The van der Waals surface area contributed by atoms with Gasteiger partial charge in [0, 0.05) is 93.9 Å². The molecule has 4 saturated carbocycles. The van der Waals surface area contributed by atoms with Crippen LogP contribution < -0.4 is 61.5 Å². The summed E-state index contributed by atoms with van der Waals surface area (Å²) in [6.45, 7) is 23.6. The molecule has 4 aliphatic carbocycles. The van der Waals surface area contributed by atoms with E-state index in [9.17, 15) is 0 Å². The monoisotopic (exact) mass is 1320 g/mol. The first-order valence-corrected chi connectivity index (χ1v) is 39.6. The number of hydrogen-bond donors (Lipinski definition) is 8. The maximum absolute atomic E-state index is 7.60. The molecule has 8 bridgehead atoms. The number of nitrogens with one attached hydrogen (secondary N) is 8. The maximum Gasteiger partial charge on any atom is 0.133 e. The van der Waals surface area contributed by atoms with Crippen molar-refractivity contribution in [3.05, 3.63) is 70.8 Å². The Kier molecular flexibility index (Phi) is 24.8. The lowest BCUT2D eigenvalue weighted by Gasteiger charge is -2.53. The van der Waals surface area contributed by atoms with E-state index in [0.29, 0.717) is 50.1 Å². The van der Waals surface area contributed by atoms with E-state index in [4.69, 9.17) is 37.9 Å². The minimum absolute atomic E-state index is 0.00558. The first-order valence-electron chi connectivity index (χ1n) is 39.6. The van der Waals surface area contributed by atoms with Crippen LogP contribution in [0, 0.1) is 47.3 Å². The molecule has 0 amide bonds. The van der Waals surface area contributed by atoms with Crippen LogP contribution in [0.4, 0.5) is 0 Å². The van der Waals surface area contributed by atoms with Crippen LogP contribution in [0.3, 0.4) is 0 Å². The molecule has 4 aromatic carbocycles. The van der Waals surface area contributed by atoms with Gasteiger partial charge in [-0.3, -0.25) is 42.5 Å². The molecule has 9 aliphatic rings. The summed E-state index contributed by atoms with van der Waals surface area (Å²) in [7, 11) is 0. The predicted octanol–water partition coefficient (Wildman–Crippen LogP) is 15.3. The second-order valence-electron chi connectivity index (χ2n) is 30.1. The van der Waals surface area contributed by atoms with E-state index in [2.05, 4.69) is 146 Å². The molecule has 5 aliphatic heterocycles. The lowest BCUT2D eigenvalue weighted by atomic mass is 9.59. The molecule has 16 heteroatoms. The summed E-state index contributed by atoms with van der Waals surface area (Å²) in [4.78, 5) is 0. The third kappa shape index (κ3) is 14.2. The highest BCUT2D eigenvalue weighted by Crippen LogP contribution is 2.58. The molecule has 5 heterocycles. The third-order valence-electron chi connectivity index (χ3n) is 23.9. The van der Waals surface area contributed by atoms with Gasteiger partial charge in [0.05, 0.1) is 100 Å². The van der Waals surface area contributed by atoms with Crippen LogP contribution in [0.5, 0.6) is 23.0 Å². The van der Waals surface area contributed by atoms with Crippen LogP contribution in [-0.2, 0) is 18.9 Å². The Labute approximate surface area is 576 Å². The highest BCUT2D eigenvalue weighted by molar-refractivity contribution is 5.98. The van der Waals surface area contributed by atoms with Gasteiger partial charge in [0.1, 0.15) is 23.0 Å². The van der Waals surface area contributed by atoms with Crippen molar-refractivity contribution in [3.63, 3.8) is 0 Å². The smallest absolute Gasteiger partial charge is 0.133 e.